The van der Waals surface area contributed by atoms with Crippen LogP contribution < -0.4 is 16.6 Å². The number of nitrogens with zero attached hydrogens (tertiary/aromatic N) is 1. The van der Waals surface area contributed by atoms with E-state index in [9.17, 15) is 4.79 Å². The molecule has 0 saturated heterocycles. The molecule has 1 aromatic carbocycles. The predicted octanol–water partition coefficient (Wildman–Crippen LogP) is 3.14. The van der Waals surface area contributed by atoms with Crippen molar-refractivity contribution in [1.29, 1.82) is 0 Å². The van der Waals surface area contributed by atoms with E-state index < -0.39 is 0 Å². The Labute approximate surface area is 128 Å². The first kappa shape index (κ1) is 15.3. The largest absolute Gasteiger partial charge is 0.321 e. The summed E-state index contributed by atoms with van der Waals surface area (Å²) in [5.41, 5.74) is 5.33. The van der Waals surface area contributed by atoms with Gasteiger partial charge in [0.1, 0.15) is 5.82 Å². The number of carbonyl (C=O) groups is 1. The Morgan fingerprint density at radius 2 is 2.10 bits per heavy atom. The van der Waals surface area contributed by atoms with Crippen LogP contribution in [0.1, 0.15) is 28.5 Å². The number of aryl methyl sites for hydroxylation is 2. The molecule has 2 rings (SSSR count). The minimum atomic E-state index is -0.254. The zero-order valence-corrected chi connectivity index (χ0v) is 12.7. The molecule has 0 bridgehead atoms. The van der Waals surface area contributed by atoms with Crippen molar-refractivity contribution in [3.05, 3.63) is 52.2 Å². The highest BCUT2D eigenvalue weighted by molar-refractivity contribution is 6.34. The molecule has 110 valence electrons. The summed E-state index contributed by atoms with van der Waals surface area (Å²) >= 11 is 6.09. The van der Waals surface area contributed by atoms with Crippen LogP contribution in [0.2, 0.25) is 5.02 Å². The molecule has 5 nitrogen and oxygen atoms in total. The van der Waals surface area contributed by atoms with Gasteiger partial charge in [0.2, 0.25) is 0 Å². The first-order valence-electron chi connectivity index (χ1n) is 6.58. The van der Waals surface area contributed by atoms with Crippen LogP contribution in [-0.2, 0) is 6.42 Å². The third kappa shape index (κ3) is 3.71. The molecule has 0 unspecified atom stereocenters. The zero-order valence-electron chi connectivity index (χ0n) is 11.9. The maximum absolute atomic E-state index is 12.3. The molecule has 0 saturated carbocycles. The molecule has 0 atom stereocenters. The molecule has 0 radical (unpaired) electrons. The van der Waals surface area contributed by atoms with Crippen LogP contribution in [0.15, 0.2) is 30.3 Å². The molecular weight excluding hydrogens is 288 g/mol. The van der Waals surface area contributed by atoms with Crippen LogP contribution in [0.4, 0.5) is 11.5 Å². The zero-order chi connectivity index (χ0) is 15.4. The fourth-order valence-electron chi connectivity index (χ4n) is 1.90. The topological polar surface area (TPSA) is 80.0 Å². The standard InChI is InChI=1S/C15H17ClN4O/c1-3-11-7-10(8-14(18-11)20-17)15(21)19-13-6-9(2)4-5-12(13)16/h4-8H,3,17H2,1-2H3,(H,18,20)(H,19,21). The van der Waals surface area contributed by atoms with Gasteiger partial charge < -0.3 is 10.7 Å². The quantitative estimate of drug-likeness (QED) is 0.599. The molecule has 0 aliphatic carbocycles. The summed E-state index contributed by atoms with van der Waals surface area (Å²) in [7, 11) is 0. The third-order valence-electron chi connectivity index (χ3n) is 3.02. The molecule has 0 fully saturated rings. The first-order chi connectivity index (χ1) is 10.0. The van der Waals surface area contributed by atoms with Crippen molar-refractivity contribution in [3.8, 4) is 0 Å². The molecule has 0 aliphatic heterocycles. The third-order valence-corrected chi connectivity index (χ3v) is 3.35. The minimum absolute atomic E-state index is 0.254. The average molecular weight is 305 g/mol. The lowest BCUT2D eigenvalue weighted by Crippen LogP contribution is -2.15. The first-order valence-corrected chi connectivity index (χ1v) is 6.96. The number of halogens is 1. The number of anilines is 2. The molecule has 0 spiro atoms. The normalized spacial score (nSPS) is 10.3. The van der Waals surface area contributed by atoms with Gasteiger partial charge in [-0.05, 0) is 43.2 Å². The SMILES string of the molecule is CCc1cc(C(=O)Nc2cc(C)ccc2Cl)cc(NN)n1. The van der Waals surface area contributed by atoms with Gasteiger partial charge in [0.15, 0.2) is 0 Å². The molecule has 1 heterocycles. The Morgan fingerprint density at radius 1 is 1.33 bits per heavy atom. The van der Waals surface area contributed by atoms with Crippen LogP contribution >= 0.6 is 11.6 Å². The number of hydrogen-bond donors (Lipinski definition) is 3. The second kappa shape index (κ2) is 6.56. The molecular formula is C15H17ClN4O. The number of benzene rings is 1. The average Bonchev–Trinajstić information content (AvgIpc) is 2.50. The monoisotopic (exact) mass is 304 g/mol. The molecule has 1 amide bonds. The van der Waals surface area contributed by atoms with Gasteiger partial charge in [0.25, 0.3) is 5.91 Å². The van der Waals surface area contributed by atoms with Gasteiger partial charge in [-0.15, -0.1) is 0 Å². The molecule has 2 aromatic rings. The Bertz CT molecular complexity index is 650. The van der Waals surface area contributed by atoms with Gasteiger partial charge in [-0.3, -0.25) is 4.79 Å². The van der Waals surface area contributed by atoms with E-state index in [1.807, 2.05) is 26.0 Å². The number of nitrogens with two attached hydrogens (primary N) is 1. The maximum atomic E-state index is 12.3. The fraction of sp³-hybridized carbons (Fsp3) is 0.200. The highest BCUT2D eigenvalue weighted by atomic mass is 35.5. The molecule has 6 heteroatoms. The number of nitrogen functional groups attached to an aromatic ring is 1. The van der Waals surface area contributed by atoms with Crippen LogP contribution in [0.25, 0.3) is 0 Å². The van der Waals surface area contributed by atoms with E-state index in [1.54, 1.807) is 18.2 Å². The van der Waals surface area contributed by atoms with Crippen LogP contribution in [0.5, 0.6) is 0 Å². The van der Waals surface area contributed by atoms with Crippen molar-refractivity contribution in [2.75, 3.05) is 10.7 Å². The Hall–Kier alpha value is -2.11. The molecule has 1 aromatic heterocycles. The van der Waals surface area contributed by atoms with E-state index in [1.165, 1.54) is 0 Å². The van der Waals surface area contributed by atoms with Crippen LogP contribution in [-0.4, -0.2) is 10.9 Å². The number of aromatic nitrogens is 1. The smallest absolute Gasteiger partial charge is 0.255 e. The Balaban J connectivity index is 2.29. The second-order valence-electron chi connectivity index (χ2n) is 4.67. The number of carbonyl (C=O) groups excluding carboxylic acids is 1. The van der Waals surface area contributed by atoms with Crippen molar-refractivity contribution < 1.29 is 4.79 Å². The summed E-state index contributed by atoms with van der Waals surface area (Å²) in [5.74, 6) is 5.57. The van der Waals surface area contributed by atoms with Crippen molar-refractivity contribution in [3.63, 3.8) is 0 Å². The summed E-state index contributed by atoms with van der Waals surface area (Å²) in [6.45, 7) is 3.89. The summed E-state index contributed by atoms with van der Waals surface area (Å²) in [5, 5.41) is 3.30. The molecule has 21 heavy (non-hydrogen) atoms. The number of hydrazine groups is 1. The summed E-state index contributed by atoms with van der Waals surface area (Å²) in [6, 6.07) is 8.79. The second-order valence-corrected chi connectivity index (χ2v) is 5.07. The number of amides is 1. The van der Waals surface area contributed by atoms with E-state index in [2.05, 4.69) is 15.7 Å². The molecule has 4 N–H and O–H groups in total. The number of rotatable bonds is 4. The fourth-order valence-corrected chi connectivity index (χ4v) is 2.07. The van der Waals surface area contributed by atoms with Gasteiger partial charge in [0.05, 0.1) is 10.7 Å². The van der Waals surface area contributed by atoms with Gasteiger partial charge in [-0.25, -0.2) is 10.8 Å². The van der Waals surface area contributed by atoms with E-state index in [4.69, 9.17) is 17.4 Å². The van der Waals surface area contributed by atoms with Gasteiger partial charge in [-0.1, -0.05) is 24.6 Å². The minimum Gasteiger partial charge on any atom is -0.321 e. The highest BCUT2D eigenvalue weighted by Crippen LogP contribution is 2.23. The summed E-state index contributed by atoms with van der Waals surface area (Å²) in [4.78, 5) is 16.6. The van der Waals surface area contributed by atoms with Crippen molar-refractivity contribution in [2.24, 2.45) is 5.84 Å². The lowest BCUT2D eigenvalue weighted by atomic mass is 10.1. The molecule has 0 aliphatic rings. The van der Waals surface area contributed by atoms with Crippen molar-refractivity contribution >= 4 is 29.0 Å². The Kier molecular flexibility index (Phi) is 4.77. The number of nitrogens with one attached hydrogen (secondary N) is 2. The summed E-state index contributed by atoms with van der Waals surface area (Å²) < 4.78 is 0. The van der Waals surface area contributed by atoms with Gasteiger partial charge in [-0.2, -0.15) is 0 Å². The van der Waals surface area contributed by atoms with Crippen LogP contribution in [0.3, 0.4) is 0 Å². The van der Waals surface area contributed by atoms with Gasteiger partial charge in [0, 0.05) is 11.3 Å². The highest BCUT2D eigenvalue weighted by Gasteiger charge is 2.11. The van der Waals surface area contributed by atoms with Crippen LogP contribution in [0, 0.1) is 6.92 Å². The van der Waals surface area contributed by atoms with E-state index in [0.717, 1.165) is 11.3 Å². The van der Waals surface area contributed by atoms with E-state index in [-0.39, 0.29) is 5.91 Å². The lowest BCUT2D eigenvalue weighted by Gasteiger charge is -2.10. The van der Waals surface area contributed by atoms with Crippen molar-refractivity contribution in [2.45, 2.75) is 20.3 Å². The lowest BCUT2D eigenvalue weighted by molar-refractivity contribution is 0.102. The van der Waals surface area contributed by atoms with E-state index >= 15 is 0 Å². The van der Waals surface area contributed by atoms with Crippen molar-refractivity contribution in [1.82, 2.24) is 4.98 Å². The maximum Gasteiger partial charge on any atom is 0.255 e. The number of pyridine rings is 1. The Morgan fingerprint density at radius 3 is 2.76 bits per heavy atom. The van der Waals surface area contributed by atoms with Gasteiger partial charge >= 0.3 is 0 Å². The van der Waals surface area contributed by atoms with E-state index in [0.29, 0.717) is 28.5 Å². The predicted molar refractivity (Wildman–Crippen MR) is 85.6 cm³/mol. The summed E-state index contributed by atoms with van der Waals surface area (Å²) in [6.07, 6.45) is 0.709. The number of hydrogen-bond acceptors (Lipinski definition) is 4.